The molecule has 9 heteroatoms. The quantitative estimate of drug-likeness (QED) is 0.905. The number of sulfonamides is 1. The van der Waals surface area contributed by atoms with Gasteiger partial charge < -0.3 is 4.74 Å². The Balaban J connectivity index is 1.79. The van der Waals surface area contributed by atoms with Crippen LogP contribution in [0.2, 0.25) is 5.15 Å². The fourth-order valence-corrected chi connectivity index (χ4v) is 5.00. The zero-order valence-corrected chi connectivity index (χ0v) is 13.1. The Bertz CT molecular complexity index is 718. The number of halogens is 1. The molecule has 0 unspecified atom stereocenters. The number of hydrogen-bond donors (Lipinski definition) is 1. The van der Waals surface area contributed by atoms with Crippen molar-refractivity contribution in [2.24, 2.45) is 0 Å². The van der Waals surface area contributed by atoms with Gasteiger partial charge in [-0.2, -0.15) is 0 Å². The van der Waals surface area contributed by atoms with Gasteiger partial charge in [0.15, 0.2) is 15.1 Å². The molecule has 1 aliphatic rings. The van der Waals surface area contributed by atoms with Gasteiger partial charge in [0.25, 0.3) is 10.0 Å². The first kappa shape index (κ1) is 14.3. The van der Waals surface area contributed by atoms with Crippen molar-refractivity contribution in [3.8, 4) is 0 Å². The average molecular weight is 336 g/mol. The molecule has 0 bridgehead atoms. The number of aromatic nitrogens is 2. The summed E-state index contributed by atoms with van der Waals surface area (Å²) in [5, 5.41) is 1.78. The monoisotopic (exact) mass is 335 g/mol. The van der Waals surface area contributed by atoms with E-state index >= 15 is 0 Å². The first-order valence-corrected chi connectivity index (χ1v) is 9.00. The maximum Gasteiger partial charge on any atom is 0.260 e. The van der Waals surface area contributed by atoms with Crippen molar-refractivity contribution in [1.29, 1.82) is 0 Å². The lowest BCUT2D eigenvalue weighted by atomic mass is 9.90. The van der Waals surface area contributed by atoms with Gasteiger partial charge in [0.2, 0.25) is 0 Å². The van der Waals surface area contributed by atoms with Gasteiger partial charge in [0.1, 0.15) is 0 Å². The molecule has 1 saturated carbocycles. The lowest BCUT2D eigenvalue weighted by Gasteiger charge is -2.34. The number of ether oxygens (including phenoxy) is 1. The third kappa shape index (κ3) is 2.46. The number of fused-ring (bicyclic) bond motifs is 1. The summed E-state index contributed by atoms with van der Waals surface area (Å²) < 4.78 is 34.4. The number of thiazole rings is 1. The van der Waals surface area contributed by atoms with Crippen LogP contribution in [-0.2, 0) is 14.8 Å². The van der Waals surface area contributed by atoms with Crippen LogP contribution < -0.4 is 4.72 Å². The zero-order valence-electron chi connectivity index (χ0n) is 10.7. The molecule has 2 aromatic heterocycles. The number of imidazole rings is 1. The molecule has 3 rings (SSSR count). The molecule has 1 fully saturated rings. The predicted octanol–water partition coefficient (Wildman–Crippen LogP) is 1.89. The second-order valence-electron chi connectivity index (χ2n) is 4.63. The highest BCUT2D eigenvalue weighted by molar-refractivity contribution is 7.89. The summed E-state index contributed by atoms with van der Waals surface area (Å²) in [6, 6.07) is -0.100. The summed E-state index contributed by atoms with van der Waals surface area (Å²) in [5.41, 5.74) is 0. The fourth-order valence-electron chi connectivity index (χ4n) is 2.29. The first-order valence-electron chi connectivity index (χ1n) is 6.26. The molecule has 6 nitrogen and oxygen atoms in total. The summed E-state index contributed by atoms with van der Waals surface area (Å²) in [6.07, 6.45) is 3.18. The highest BCUT2D eigenvalue weighted by Gasteiger charge is 2.35. The van der Waals surface area contributed by atoms with E-state index in [4.69, 9.17) is 16.3 Å². The van der Waals surface area contributed by atoms with E-state index in [0.29, 0.717) is 24.4 Å². The molecule has 2 heterocycles. The Morgan fingerprint density at radius 1 is 1.60 bits per heavy atom. The Morgan fingerprint density at radius 3 is 3.05 bits per heavy atom. The van der Waals surface area contributed by atoms with E-state index in [9.17, 15) is 8.42 Å². The standard InChI is InChI=1S/C11H14ClN3O3S2/c1-2-18-8-5-7(6-8)14-20(16,17)10-9(12)13-11-15(10)3-4-19-11/h3-4,7-8,14H,2,5-6H2,1H3. The molecule has 0 aromatic carbocycles. The van der Waals surface area contributed by atoms with Crippen molar-refractivity contribution in [3.05, 3.63) is 16.7 Å². The number of nitrogens with one attached hydrogen (secondary N) is 1. The topological polar surface area (TPSA) is 72.7 Å². The molecule has 1 aliphatic carbocycles. The minimum Gasteiger partial charge on any atom is -0.378 e. The maximum absolute atomic E-state index is 12.4. The Morgan fingerprint density at radius 2 is 2.35 bits per heavy atom. The van der Waals surface area contributed by atoms with E-state index in [1.165, 1.54) is 15.7 Å². The minimum absolute atomic E-state index is 0.00466. The molecule has 1 N–H and O–H groups in total. The highest BCUT2D eigenvalue weighted by atomic mass is 35.5. The van der Waals surface area contributed by atoms with Gasteiger partial charge in [0, 0.05) is 24.2 Å². The SMILES string of the molecule is CCOC1CC(NS(=O)(=O)c2c(Cl)nc3sccn23)C1. The summed E-state index contributed by atoms with van der Waals surface area (Å²) >= 11 is 7.29. The smallest absolute Gasteiger partial charge is 0.260 e. The third-order valence-electron chi connectivity index (χ3n) is 3.25. The second kappa shape index (κ2) is 5.27. The molecule has 0 amide bonds. The van der Waals surface area contributed by atoms with Crippen LogP contribution in [0, 0.1) is 0 Å². The third-order valence-corrected chi connectivity index (χ3v) is 5.93. The van der Waals surface area contributed by atoms with E-state index in [1.807, 2.05) is 6.92 Å². The van der Waals surface area contributed by atoms with Crippen LogP contribution in [0.1, 0.15) is 19.8 Å². The van der Waals surface area contributed by atoms with Gasteiger partial charge in [-0.15, -0.1) is 11.3 Å². The fraction of sp³-hybridized carbons (Fsp3) is 0.545. The maximum atomic E-state index is 12.4. The summed E-state index contributed by atoms with van der Waals surface area (Å²) in [5.74, 6) is 0. The van der Waals surface area contributed by atoms with Crippen LogP contribution in [-0.4, -0.2) is 36.6 Å². The molecule has 0 saturated heterocycles. The van der Waals surface area contributed by atoms with Crippen LogP contribution in [0.5, 0.6) is 0 Å². The van der Waals surface area contributed by atoms with E-state index < -0.39 is 10.0 Å². The van der Waals surface area contributed by atoms with Crippen molar-refractivity contribution in [3.63, 3.8) is 0 Å². The normalized spacial score (nSPS) is 23.1. The van der Waals surface area contributed by atoms with Crippen LogP contribution >= 0.6 is 22.9 Å². The molecule has 110 valence electrons. The van der Waals surface area contributed by atoms with Crippen molar-refractivity contribution >= 4 is 37.9 Å². The van der Waals surface area contributed by atoms with Crippen LogP contribution in [0.25, 0.3) is 4.96 Å². The minimum atomic E-state index is -3.67. The molecular weight excluding hydrogens is 322 g/mol. The summed E-state index contributed by atoms with van der Waals surface area (Å²) in [4.78, 5) is 4.60. The van der Waals surface area contributed by atoms with Gasteiger partial charge in [0.05, 0.1) is 6.10 Å². The van der Waals surface area contributed by atoms with Gasteiger partial charge in [-0.3, -0.25) is 4.40 Å². The molecule has 0 aliphatic heterocycles. The van der Waals surface area contributed by atoms with E-state index in [0.717, 1.165) is 0 Å². The van der Waals surface area contributed by atoms with E-state index in [2.05, 4.69) is 9.71 Å². The number of rotatable bonds is 5. The van der Waals surface area contributed by atoms with Crippen LogP contribution in [0.4, 0.5) is 0 Å². The largest absolute Gasteiger partial charge is 0.378 e. The Kier molecular flexibility index (Phi) is 3.76. The van der Waals surface area contributed by atoms with Crippen LogP contribution in [0.3, 0.4) is 0 Å². The van der Waals surface area contributed by atoms with Crippen molar-refractivity contribution in [1.82, 2.24) is 14.1 Å². The van der Waals surface area contributed by atoms with Crippen LogP contribution in [0.15, 0.2) is 16.6 Å². The lowest BCUT2D eigenvalue weighted by molar-refractivity contribution is -0.00477. The van der Waals surface area contributed by atoms with Gasteiger partial charge in [-0.25, -0.2) is 18.1 Å². The first-order chi connectivity index (χ1) is 9.51. The second-order valence-corrected chi connectivity index (χ2v) is 7.49. The molecule has 0 radical (unpaired) electrons. The van der Waals surface area contributed by atoms with E-state index in [-0.39, 0.29) is 22.3 Å². The molecule has 2 aromatic rings. The van der Waals surface area contributed by atoms with Gasteiger partial charge in [-0.1, -0.05) is 11.6 Å². The van der Waals surface area contributed by atoms with Crippen molar-refractivity contribution < 1.29 is 13.2 Å². The van der Waals surface area contributed by atoms with E-state index in [1.54, 1.807) is 11.6 Å². The van der Waals surface area contributed by atoms with Crippen molar-refractivity contribution in [2.45, 2.75) is 36.9 Å². The highest BCUT2D eigenvalue weighted by Crippen LogP contribution is 2.28. The van der Waals surface area contributed by atoms with Gasteiger partial charge >= 0.3 is 0 Å². The molecule has 0 spiro atoms. The predicted molar refractivity (Wildman–Crippen MR) is 76.8 cm³/mol. The Labute approximate surface area is 125 Å². The van der Waals surface area contributed by atoms with Gasteiger partial charge in [-0.05, 0) is 19.8 Å². The average Bonchev–Trinajstić information content (AvgIpc) is 2.85. The molecule has 0 atom stereocenters. The number of nitrogens with zero attached hydrogens (tertiary/aromatic N) is 2. The van der Waals surface area contributed by atoms with Crippen molar-refractivity contribution in [2.75, 3.05) is 6.61 Å². The Hall–Kier alpha value is -0.670. The summed E-state index contributed by atoms with van der Waals surface area (Å²) in [7, 11) is -3.67. The molecule has 20 heavy (non-hydrogen) atoms. The summed E-state index contributed by atoms with van der Waals surface area (Å²) in [6.45, 7) is 2.57. The lowest BCUT2D eigenvalue weighted by Crippen LogP contribution is -2.47. The zero-order chi connectivity index (χ0) is 14.3. The number of hydrogen-bond acceptors (Lipinski definition) is 5. The molecular formula is C11H14ClN3O3S2.